The van der Waals surface area contributed by atoms with Gasteiger partial charge in [-0.2, -0.15) is 0 Å². The van der Waals surface area contributed by atoms with Crippen LogP contribution in [0.2, 0.25) is 0 Å². The molecule has 0 radical (unpaired) electrons. The van der Waals surface area contributed by atoms with Crippen molar-refractivity contribution in [1.82, 2.24) is 19.5 Å². The Balaban J connectivity index is 1.60. The third-order valence-electron chi connectivity index (χ3n) is 5.79. The molecule has 7 N–H and O–H groups in total. The van der Waals surface area contributed by atoms with Crippen molar-refractivity contribution in [3.8, 4) is 0 Å². The molecule has 0 bridgehead atoms. The molecule has 4 atom stereocenters. The number of aryl methyl sites for hydroxylation is 1. The molecule has 1 fully saturated rings. The zero-order valence-corrected chi connectivity index (χ0v) is 22.0. The molecule has 1 unspecified atom stereocenters. The van der Waals surface area contributed by atoms with Crippen molar-refractivity contribution in [2.24, 2.45) is 0 Å². The van der Waals surface area contributed by atoms with Crippen LogP contribution in [-0.2, 0) is 31.4 Å². The summed E-state index contributed by atoms with van der Waals surface area (Å²) in [4.78, 5) is 41.0. The van der Waals surface area contributed by atoms with Gasteiger partial charge in [-0.1, -0.05) is 37.3 Å². The van der Waals surface area contributed by atoms with Gasteiger partial charge in [0.05, 0.1) is 12.9 Å². The first-order valence-corrected chi connectivity index (χ1v) is 15.2. The monoisotopic (exact) mass is 573 g/mol. The van der Waals surface area contributed by atoms with Gasteiger partial charge in [-0.05, 0) is 12.0 Å². The predicted octanol–water partition coefficient (Wildman–Crippen LogP) is 0.667. The van der Waals surface area contributed by atoms with Crippen molar-refractivity contribution in [3.05, 3.63) is 48.0 Å². The Morgan fingerprint density at radius 3 is 2.53 bits per heavy atom. The average Bonchev–Trinajstić information content (AvgIpc) is 3.34. The van der Waals surface area contributed by atoms with Gasteiger partial charge in [-0.25, -0.2) is 15.0 Å². The van der Waals surface area contributed by atoms with E-state index in [1.807, 2.05) is 37.3 Å². The van der Waals surface area contributed by atoms with E-state index in [0.29, 0.717) is 30.1 Å². The van der Waals surface area contributed by atoms with Crippen LogP contribution in [-0.4, -0.2) is 80.0 Å². The molecule has 208 valence electrons. The van der Waals surface area contributed by atoms with Crippen LogP contribution >= 0.6 is 15.2 Å². The summed E-state index contributed by atoms with van der Waals surface area (Å²) in [5.74, 6) is -3.52. The van der Waals surface area contributed by atoms with Gasteiger partial charge in [0.25, 0.3) is 0 Å². The minimum absolute atomic E-state index is 0.231. The minimum atomic E-state index is -4.90. The number of aliphatic hydroxyl groups is 3. The summed E-state index contributed by atoms with van der Waals surface area (Å²) in [5.41, 5.74) is 1.56. The van der Waals surface area contributed by atoms with Gasteiger partial charge in [-0.3, -0.25) is 13.7 Å². The third kappa shape index (κ3) is 6.46. The van der Waals surface area contributed by atoms with Crippen molar-refractivity contribution in [2.75, 3.05) is 17.8 Å². The molecule has 0 amide bonds. The number of hydrogen-bond acceptors (Lipinski definition) is 11. The Hall–Kier alpha value is -2.29. The Kier molecular flexibility index (Phi) is 8.36. The summed E-state index contributed by atoms with van der Waals surface area (Å²) < 4.78 is 34.6. The largest absolute Gasteiger partial charge is 0.383 e. The number of aliphatic hydroxyl groups excluding tert-OH is 1. The van der Waals surface area contributed by atoms with E-state index in [4.69, 9.17) is 14.5 Å². The van der Waals surface area contributed by atoms with Crippen molar-refractivity contribution in [2.45, 2.75) is 50.5 Å². The lowest BCUT2D eigenvalue weighted by Gasteiger charge is -2.25. The van der Waals surface area contributed by atoms with Gasteiger partial charge in [0.2, 0.25) is 5.79 Å². The molecular formula is C21H29N5O10P2. The number of fused-ring (bicyclic) bond motifs is 1. The number of nitrogens with one attached hydrogen (secondary N) is 1. The molecule has 4 rings (SSSR count). The number of nitrogens with zero attached hydrogens (tertiary/aromatic N) is 4. The number of benzene rings is 1. The van der Waals surface area contributed by atoms with Crippen LogP contribution < -0.4 is 5.32 Å². The van der Waals surface area contributed by atoms with Crippen LogP contribution in [0.4, 0.5) is 5.82 Å². The fourth-order valence-corrected chi connectivity index (χ4v) is 6.53. The van der Waals surface area contributed by atoms with Crippen molar-refractivity contribution < 1.29 is 48.4 Å². The molecule has 15 nitrogen and oxygen atoms in total. The highest BCUT2D eigenvalue weighted by Crippen LogP contribution is 2.55. The Labute approximate surface area is 216 Å². The topological polar surface area (TPSA) is 230 Å². The molecule has 3 heterocycles. The Morgan fingerprint density at radius 1 is 1.16 bits per heavy atom. The maximum absolute atomic E-state index is 12.0. The van der Waals surface area contributed by atoms with E-state index in [9.17, 15) is 29.3 Å². The number of imidazole rings is 1. The van der Waals surface area contributed by atoms with E-state index in [1.165, 1.54) is 10.9 Å². The first kappa shape index (κ1) is 28.7. The van der Waals surface area contributed by atoms with Gasteiger partial charge in [0.15, 0.2) is 35.2 Å². The van der Waals surface area contributed by atoms with E-state index in [0.717, 1.165) is 12.0 Å². The van der Waals surface area contributed by atoms with E-state index in [2.05, 4.69) is 24.8 Å². The van der Waals surface area contributed by atoms with E-state index in [1.54, 1.807) is 0 Å². The number of aromatic nitrogens is 4. The van der Waals surface area contributed by atoms with E-state index in [-0.39, 0.29) is 5.65 Å². The van der Waals surface area contributed by atoms with Crippen LogP contribution in [0, 0.1) is 0 Å². The van der Waals surface area contributed by atoms with E-state index < -0.39 is 51.9 Å². The predicted molar refractivity (Wildman–Crippen MR) is 133 cm³/mol. The minimum Gasteiger partial charge on any atom is -0.383 e. The second kappa shape index (κ2) is 11.1. The van der Waals surface area contributed by atoms with Gasteiger partial charge in [0.1, 0.15) is 11.9 Å². The maximum atomic E-state index is 12.0. The van der Waals surface area contributed by atoms with Crippen molar-refractivity contribution >= 4 is 32.2 Å². The molecule has 0 spiro atoms. The van der Waals surface area contributed by atoms with Crippen LogP contribution in [0.15, 0.2) is 36.7 Å². The first-order valence-electron chi connectivity index (χ1n) is 11.6. The summed E-state index contributed by atoms with van der Waals surface area (Å²) >= 11 is 0. The highest BCUT2D eigenvalue weighted by atomic mass is 31.2. The highest BCUT2D eigenvalue weighted by Gasteiger charge is 2.56. The lowest BCUT2D eigenvalue weighted by molar-refractivity contribution is -0.234. The van der Waals surface area contributed by atoms with Crippen LogP contribution in [0.5, 0.6) is 0 Å². The van der Waals surface area contributed by atoms with Crippen molar-refractivity contribution in [3.63, 3.8) is 0 Å². The smallest absolute Gasteiger partial charge is 0.340 e. The zero-order chi connectivity index (χ0) is 27.7. The SMILES string of the molecule is CCCc1nc(NCc2ccccc2)c2ncn([C@@H]3O[C@H](COP(=O)(O)CP(=O)(O)O)C(O)(O)[C@H]3O)c2n1. The number of anilines is 1. The molecule has 0 aliphatic carbocycles. The molecule has 17 heteroatoms. The molecule has 38 heavy (non-hydrogen) atoms. The van der Waals surface area contributed by atoms with Gasteiger partial charge in [0, 0.05) is 13.0 Å². The second-order valence-corrected chi connectivity index (χ2v) is 12.9. The normalized spacial score (nSPS) is 23.0. The number of rotatable bonds is 11. The summed E-state index contributed by atoms with van der Waals surface area (Å²) in [6, 6.07) is 9.59. The van der Waals surface area contributed by atoms with Gasteiger partial charge in [-0.15, -0.1) is 0 Å². The number of hydrogen-bond donors (Lipinski definition) is 7. The molecule has 3 aromatic rings. The van der Waals surface area contributed by atoms with Crippen LogP contribution in [0.3, 0.4) is 0 Å². The molecule has 1 aromatic carbocycles. The highest BCUT2D eigenvalue weighted by molar-refractivity contribution is 7.70. The summed E-state index contributed by atoms with van der Waals surface area (Å²) in [7, 11) is -9.71. The van der Waals surface area contributed by atoms with Gasteiger partial charge < -0.3 is 44.6 Å². The molecule has 2 aromatic heterocycles. The summed E-state index contributed by atoms with van der Waals surface area (Å²) in [5, 5.41) is 34.9. The summed E-state index contributed by atoms with van der Waals surface area (Å²) in [6.07, 6.45) is -2.63. The zero-order valence-electron chi connectivity index (χ0n) is 20.2. The standard InChI is InChI=1S/C21H29N5O10P2/c1-2-6-15-24-18(22-9-13-7-4-3-5-8-13)16-19(25-15)26(11-23-16)20-17(27)21(28,29)14(36-20)10-35-38(33,34)12-37(30,31)32/h3-5,7-8,11,14,17,20,27-29H,2,6,9-10,12H2,1H3,(H,33,34)(H,22,24,25)(H2,30,31,32)/t14-,17+,20-/m1/s1. The number of ether oxygens (including phenoxy) is 1. The van der Waals surface area contributed by atoms with Crippen LogP contribution in [0.1, 0.15) is 31.0 Å². The molecular weight excluding hydrogens is 544 g/mol. The molecule has 0 saturated carbocycles. The molecule has 1 aliphatic heterocycles. The maximum Gasteiger partial charge on any atom is 0.340 e. The lowest BCUT2D eigenvalue weighted by atomic mass is 10.1. The summed E-state index contributed by atoms with van der Waals surface area (Å²) in [6.45, 7) is 1.44. The first-order chi connectivity index (χ1) is 17.8. The molecule has 1 saturated heterocycles. The fourth-order valence-electron chi connectivity index (χ4n) is 3.97. The Bertz CT molecular complexity index is 1370. The fraction of sp³-hybridized carbons (Fsp3) is 0.476. The van der Waals surface area contributed by atoms with Crippen LogP contribution in [0.25, 0.3) is 11.2 Å². The second-order valence-electron chi connectivity index (χ2n) is 8.88. The Morgan fingerprint density at radius 2 is 1.87 bits per heavy atom. The van der Waals surface area contributed by atoms with Gasteiger partial charge >= 0.3 is 15.2 Å². The third-order valence-corrected chi connectivity index (χ3v) is 9.25. The lowest BCUT2D eigenvalue weighted by Crippen LogP contribution is -2.49. The average molecular weight is 573 g/mol. The van der Waals surface area contributed by atoms with E-state index >= 15 is 0 Å². The van der Waals surface area contributed by atoms with Crippen molar-refractivity contribution in [1.29, 1.82) is 0 Å². The molecule has 1 aliphatic rings. The quantitative estimate of drug-likeness (QED) is 0.124.